The molecule has 132 valence electrons. The van der Waals surface area contributed by atoms with Crippen LogP contribution in [-0.4, -0.2) is 44.5 Å². The fraction of sp³-hybridized carbons (Fsp3) is 0.222. The van der Waals surface area contributed by atoms with Gasteiger partial charge in [0.15, 0.2) is 0 Å². The van der Waals surface area contributed by atoms with E-state index in [4.69, 9.17) is 4.74 Å². The van der Waals surface area contributed by atoms with Gasteiger partial charge < -0.3 is 9.64 Å². The number of hydrogen-bond donors (Lipinski definition) is 0. The normalized spacial score (nSPS) is 12.0. The number of benzene rings is 2. The lowest BCUT2D eigenvalue weighted by Gasteiger charge is -2.12. The molecule has 0 aliphatic heterocycles. The Labute approximate surface area is 156 Å². The maximum absolute atomic E-state index is 13.0. The Morgan fingerprint density at radius 1 is 1.12 bits per heavy atom. The van der Waals surface area contributed by atoms with Crippen LogP contribution in [0.5, 0.6) is 5.75 Å². The van der Waals surface area contributed by atoms with Gasteiger partial charge in [0.2, 0.25) is 0 Å². The van der Waals surface area contributed by atoms with Crippen molar-refractivity contribution in [2.24, 2.45) is 0 Å². The molecule has 3 rings (SSSR count). The standard InChI is InChI=1S/C18H19BrN2O3S/c1-20(2)10-11-24-16-4-3-5-17(13-16)25(22,23)21-9-8-14-12-15(19)6-7-18(14)21/h3-9,12-13H,10-11H2,1-2H3. The molecular weight excluding hydrogens is 404 g/mol. The molecule has 1 aromatic heterocycles. The van der Waals surface area contributed by atoms with Crippen molar-refractivity contribution in [3.05, 3.63) is 59.2 Å². The lowest BCUT2D eigenvalue weighted by atomic mass is 10.3. The average molecular weight is 423 g/mol. The minimum Gasteiger partial charge on any atom is -0.492 e. The highest BCUT2D eigenvalue weighted by Crippen LogP contribution is 2.26. The van der Waals surface area contributed by atoms with Crippen molar-refractivity contribution < 1.29 is 13.2 Å². The number of rotatable bonds is 6. The van der Waals surface area contributed by atoms with Crippen LogP contribution in [-0.2, 0) is 10.0 Å². The molecular formula is C18H19BrN2O3S. The number of halogens is 1. The van der Waals surface area contributed by atoms with E-state index in [1.807, 2.05) is 31.1 Å². The Bertz CT molecular complexity index is 996. The Morgan fingerprint density at radius 3 is 2.68 bits per heavy atom. The summed E-state index contributed by atoms with van der Waals surface area (Å²) in [5.74, 6) is 0.544. The maximum Gasteiger partial charge on any atom is 0.268 e. The second kappa shape index (κ2) is 7.19. The lowest BCUT2D eigenvalue weighted by molar-refractivity contribution is 0.261. The third-order valence-corrected chi connectivity index (χ3v) is 5.97. The van der Waals surface area contributed by atoms with Gasteiger partial charge in [-0.2, -0.15) is 0 Å². The summed E-state index contributed by atoms with van der Waals surface area (Å²) in [5, 5.41) is 0.858. The van der Waals surface area contributed by atoms with E-state index in [1.165, 1.54) is 3.97 Å². The van der Waals surface area contributed by atoms with Gasteiger partial charge in [-0.3, -0.25) is 0 Å². The van der Waals surface area contributed by atoms with Crippen LogP contribution in [0.3, 0.4) is 0 Å². The maximum atomic E-state index is 13.0. The van der Waals surface area contributed by atoms with Crippen molar-refractivity contribution in [1.29, 1.82) is 0 Å². The van der Waals surface area contributed by atoms with Gasteiger partial charge in [0.05, 0.1) is 10.4 Å². The van der Waals surface area contributed by atoms with Crippen LogP contribution < -0.4 is 4.74 Å². The Kier molecular flexibility index (Phi) is 5.17. The molecule has 3 aromatic rings. The fourth-order valence-corrected chi connectivity index (χ4v) is 4.25. The van der Waals surface area contributed by atoms with Crippen molar-refractivity contribution in [1.82, 2.24) is 8.87 Å². The largest absolute Gasteiger partial charge is 0.492 e. The first-order valence-electron chi connectivity index (χ1n) is 7.78. The molecule has 0 aliphatic carbocycles. The molecule has 0 aliphatic rings. The van der Waals surface area contributed by atoms with Crippen molar-refractivity contribution >= 4 is 36.9 Å². The first-order valence-corrected chi connectivity index (χ1v) is 10.0. The lowest BCUT2D eigenvalue weighted by Crippen LogP contribution is -2.19. The predicted octanol–water partition coefficient (Wildman–Crippen LogP) is 3.58. The van der Waals surface area contributed by atoms with E-state index in [1.54, 1.807) is 42.6 Å². The van der Waals surface area contributed by atoms with Gasteiger partial charge in [0.1, 0.15) is 12.4 Å². The van der Waals surface area contributed by atoms with Crippen molar-refractivity contribution in [3.63, 3.8) is 0 Å². The minimum absolute atomic E-state index is 0.204. The van der Waals surface area contributed by atoms with Crippen molar-refractivity contribution in [3.8, 4) is 5.75 Å². The Balaban J connectivity index is 1.94. The number of fused-ring (bicyclic) bond motifs is 1. The molecule has 0 atom stereocenters. The number of ether oxygens (including phenoxy) is 1. The molecule has 25 heavy (non-hydrogen) atoms. The Hall–Kier alpha value is -1.83. The molecule has 0 spiro atoms. The topological polar surface area (TPSA) is 51.5 Å². The molecule has 0 N–H and O–H groups in total. The van der Waals surface area contributed by atoms with Crippen molar-refractivity contribution in [2.45, 2.75) is 4.90 Å². The van der Waals surface area contributed by atoms with E-state index in [2.05, 4.69) is 15.9 Å². The smallest absolute Gasteiger partial charge is 0.268 e. The van der Waals surface area contributed by atoms with Crippen LogP contribution in [0.4, 0.5) is 0 Å². The molecule has 0 fully saturated rings. The molecule has 0 saturated heterocycles. The van der Waals surface area contributed by atoms with E-state index in [0.717, 1.165) is 16.4 Å². The number of likely N-dealkylation sites (N-methyl/N-ethyl adjacent to an activating group) is 1. The first-order chi connectivity index (χ1) is 11.9. The summed E-state index contributed by atoms with van der Waals surface area (Å²) in [6.07, 6.45) is 1.58. The van der Waals surface area contributed by atoms with E-state index in [9.17, 15) is 8.42 Å². The van der Waals surface area contributed by atoms with Crippen LogP contribution in [0.1, 0.15) is 0 Å². The summed E-state index contributed by atoms with van der Waals surface area (Å²) in [6, 6.07) is 13.9. The van der Waals surface area contributed by atoms with Gasteiger partial charge in [0.25, 0.3) is 10.0 Å². The van der Waals surface area contributed by atoms with Crippen molar-refractivity contribution in [2.75, 3.05) is 27.2 Å². The minimum atomic E-state index is -3.69. The number of hydrogen-bond acceptors (Lipinski definition) is 4. The molecule has 5 nitrogen and oxygen atoms in total. The summed E-state index contributed by atoms with van der Waals surface area (Å²) < 4.78 is 33.9. The zero-order valence-corrected chi connectivity index (χ0v) is 16.4. The van der Waals surface area contributed by atoms with E-state index < -0.39 is 10.0 Å². The van der Waals surface area contributed by atoms with E-state index in [0.29, 0.717) is 17.9 Å². The molecule has 0 unspecified atom stereocenters. The van der Waals surface area contributed by atoms with Gasteiger partial charge in [-0.05, 0) is 50.5 Å². The number of aromatic nitrogens is 1. The van der Waals surface area contributed by atoms with Gasteiger partial charge in [-0.15, -0.1) is 0 Å². The summed E-state index contributed by atoms with van der Waals surface area (Å²) >= 11 is 3.40. The van der Waals surface area contributed by atoms with Gasteiger partial charge in [-0.1, -0.05) is 22.0 Å². The quantitative estimate of drug-likeness (QED) is 0.608. The zero-order valence-electron chi connectivity index (χ0n) is 14.0. The molecule has 0 bridgehead atoms. The molecule has 0 amide bonds. The third kappa shape index (κ3) is 3.89. The molecule has 2 aromatic carbocycles. The molecule has 7 heteroatoms. The van der Waals surface area contributed by atoms with Crippen LogP contribution in [0, 0.1) is 0 Å². The highest BCUT2D eigenvalue weighted by Gasteiger charge is 2.19. The fourth-order valence-electron chi connectivity index (χ4n) is 2.48. The second-order valence-corrected chi connectivity index (χ2v) is 8.68. The third-order valence-electron chi connectivity index (χ3n) is 3.79. The zero-order chi connectivity index (χ0) is 18.0. The van der Waals surface area contributed by atoms with Crippen LogP contribution >= 0.6 is 15.9 Å². The van der Waals surface area contributed by atoms with E-state index in [-0.39, 0.29) is 4.90 Å². The monoisotopic (exact) mass is 422 g/mol. The summed E-state index contributed by atoms with van der Waals surface area (Å²) in [7, 11) is 0.228. The van der Waals surface area contributed by atoms with Crippen LogP contribution in [0.15, 0.2) is 64.1 Å². The second-order valence-electron chi connectivity index (χ2n) is 5.95. The van der Waals surface area contributed by atoms with Crippen LogP contribution in [0.2, 0.25) is 0 Å². The van der Waals surface area contributed by atoms with Crippen LogP contribution in [0.25, 0.3) is 10.9 Å². The van der Waals surface area contributed by atoms with Gasteiger partial charge >= 0.3 is 0 Å². The molecule has 0 saturated carbocycles. The molecule has 1 heterocycles. The highest BCUT2D eigenvalue weighted by atomic mass is 79.9. The summed E-state index contributed by atoms with van der Waals surface area (Å²) in [6.45, 7) is 1.26. The SMILES string of the molecule is CN(C)CCOc1cccc(S(=O)(=O)n2ccc3cc(Br)ccc32)c1. The highest BCUT2D eigenvalue weighted by molar-refractivity contribution is 9.10. The Morgan fingerprint density at radius 2 is 1.92 bits per heavy atom. The number of nitrogens with zero attached hydrogens (tertiary/aromatic N) is 2. The van der Waals surface area contributed by atoms with Gasteiger partial charge in [0, 0.05) is 28.7 Å². The van der Waals surface area contributed by atoms with Gasteiger partial charge in [-0.25, -0.2) is 12.4 Å². The van der Waals surface area contributed by atoms with E-state index >= 15 is 0 Å². The first kappa shape index (κ1) is 18.0. The summed E-state index contributed by atoms with van der Waals surface area (Å²) in [4.78, 5) is 2.21. The predicted molar refractivity (Wildman–Crippen MR) is 103 cm³/mol. The average Bonchev–Trinajstić information content (AvgIpc) is 2.98. The molecule has 0 radical (unpaired) electrons. The summed E-state index contributed by atoms with van der Waals surface area (Å²) in [5.41, 5.74) is 0.641.